The van der Waals surface area contributed by atoms with Gasteiger partial charge in [-0.1, -0.05) is 54.2 Å². The van der Waals surface area contributed by atoms with E-state index < -0.39 is 27.9 Å². The van der Waals surface area contributed by atoms with Crippen LogP contribution in [0.15, 0.2) is 47.4 Å². The van der Waals surface area contributed by atoms with Crippen LogP contribution in [0.4, 0.5) is 0 Å². The SMILES string of the molecule is C[C@@H](C(=O)NC1CCCC1)N(Cc1c(Cl)cccc1Cl)C(=O)CCN1C(=O)c2ccccc2S1(=O)=O. The molecule has 1 saturated carbocycles. The van der Waals surface area contributed by atoms with Crippen molar-refractivity contribution in [3.8, 4) is 0 Å². The first-order valence-electron chi connectivity index (χ1n) is 11.8. The van der Waals surface area contributed by atoms with Gasteiger partial charge in [0.1, 0.15) is 10.9 Å². The molecular weight excluding hydrogens is 525 g/mol. The first-order chi connectivity index (χ1) is 17.1. The molecule has 0 radical (unpaired) electrons. The van der Waals surface area contributed by atoms with E-state index in [1.165, 1.54) is 23.1 Å². The van der Waals surface area contributed by atoms with Crippen molar-refractivity contribution in [2.24, 2.45) is 0 Å². The van der Waals surface area contributed by atoms with Crippen LogP contribution >= 0.6 is 23.2 Å². The standard InChI is InChI=1S/C25H27Cl2N3O5S/c1-16(24(32)28-17-7-2-3-8-17)29(15-19-20(26)10-6-11-21(19)27)23(31)13-14-30-25(33)18-9-4-5-12-22(18)36(30,34)35/h4-6,9-12,16-17H,2-3,7-8,13-15H2,1H3,(H,28,32)/t16-/m0/s1. The van der Waals surface area contributed by atoms with Crippen LogP contribution in [0.1, 0.15) is 54.9 Å². The zero-order chi connectivity index (χ0) is 26.0. The fraction of sp³-hybridized carbons (Fsp3) is 0.400. The summed E-state index contributed by atoms with van der Waals surface area (Å²) in [5.74, 6) is -1.49. The van der Waals surface area contributed by atoms with E-state index >= 15 is 0 Å². The Bertz CT molecular complexity index is 1270. The van der Waals surface area contributed by atoms with Gasteiger partial charge in [0, 0.05) is 41.2 Å². The number of carbonyl (C=O) groups is 3. The predicted octanol–water partition coefficient (Wildman–Crippen LogP) is 4.00. The highest BCUT2D eigenvalue weighted by Gasteiger charge is 2.41. The van der Waals surface area contributed by atoms with Crippen LogP contribution < -0.4 is 5.32 Å². The average molecular weight is 552 g/mol. The van der Waals surface area contributed by atoms with Gasteiger partial charge in [-0.15, -0.1) is 0 Å². The summed E-state index contributed by atoms with van der Waals surface area (Å²) in [5.41, 5.74) is 0.556. The van der Waals surface area contributed by atoms with Gasteiger partial charge < -0.3 is 10.2 Å². The maximum Gasteiger partial charge on any atom is 0.269 e. The molecule has 1 N–H and O–H groups in total. The Balaban J connectivity index is 1.54. The third kappa shape index (κ3) is 5.23. The number of nitrogens with one attached hydrogen (secondary N) is 1. The Kier molecular flexibility index (Phi) is 7.92. The molecule has 0 unspecified atom stereocenters. The van der Waals surface area contributed by atoms with E-state index in [2.05, 4.69) is 5.32 Å². The third-order valence-corrected chi connectivity index (χ3v) is 9.25. The van der Waals surface area contributed by atoms with Crippen molar-refractivity contribution >= 4 is 50.9 Å². The van der Waals surface area contributed by atoms with Crippen LogP contribution in [0.3, 0.4) is 0 Å². The summed E-state index contributed by atoms with van der Waals surface area (Å²) in [4.78, 5) is 40.5. The van der Waals surface area contributed by atoms with Gasteiger partial charge in [0.2, 0.25) is 11.8 Å². The average Bonchev–Trinajstić information content (AvgIpc) is 3.42. The summed E-state index contributed by atoms with van der Waals surface area (Å²) < 4.78 is 26.5. The zero-order valence-corrected chi connectivity index (χ0v) is 22.1. The molecule has 0 spiro atoms. The topological polar surface area (TPSA) is 104 Å². The fourth-order valence-electron chi connectivity index (χ4n) is 4.62. The number of amides is 3. The largest absolute Gasteiger partial charge is 0.352 e. The third-order valence-electron chi connectivity index (χ3n) is 6.70. The molecule has 1 aliphatic carbocycles. The lowest BCUT2D eigenvalue weighted by Crippen LogP contribution is -2.50. The second kappa shape index (κ2) is 10.8. The normalized spacial score (nSPS) is 17.6. The number of hydrogen-bond acceptors (Lipinski definition) is 5. The van der Waals surface area contributed by atoms with Crippen LogP contribution in [0.2, 0.25) is 10.0 Å². The highest BCUT2D eigenvalue weighted by atomic mass is 35.5. The van der Waals surface area contributed by atoms with Crippen LogP contribution in [-0.4, -0.2) is 54.0 Å². The van der Waals surface area contributed by atoms with Crippen LogP contribution in [0.25, 0.3) is 0 Å². The Labute approximate surface area is 220 Å². The van der Waals surface area contributed by atoms with E-state index in [1.807, 2.05) is 0 Å². The molecule has 0 bridgehead atoms. The molecule has 1 aliphatic heterocycles. The van der Waals surface area contributed by atoms with Crippen LogP contribution in [-0.2, 0) is 26.2 Å². The van der Waals surface area contributed by atoms with Gasteiger partial charge in [0.05, 0.1) is 5.56 Å². The Morgan fingerprint density at radius 2 is 1.72 bits per heavy atom. The second-order valence-corrected chi connectivity index (χ2v) is 11.7. The fourth-order valence-corrected chi connectivity index (χ4v) is 6.71. The van der Waals surface area contributed by atoms with Crippen molar-refractivity contribution in [3.05, 3.63) is 63.6 Å². The van der Waals surface area contributed by atoms with Crippen molar-refractivity contribution in [1.29, 1.82) is 0 Å². The molecule has 36 heavy (non-hydrogen) atoms. The Morgan fingerprint density at radius 3 is 2.36 bits per heavy atom. The molecule has 0 saturated heterocycles. The first kappa shape index (κ1) is 26.4. The highest BCUT2D eigenvalue weighted by Crippen LogP contribution is 2.31. The quantitative estimate of drug-likeness (QED) is 0.533. The molecule has 4 rings (SSSR count). The number of benzene rings is 2. The maximum atomic E-state index is 13.4. The van der Waals surface area contributed by atoms with E-state index in [0.717, 1.165) is 25.7 Å². The number of sulfonamides is 1. The summed E-state index contributed by atoms with van der Waals surface area (Å²) in [6.45, 7) is 1.22. The van der Waals surface area contributed by atoms with Gasteiger partial charge in [-0.2, -0.15) is 0 Å². The van der Waals surface area contributed by atoms with Crippen molar-refractivity contribution in [3.63, 3.8) is 0 Å². The summed E-state index contributed by atoms with van der Waals surface area (Å²) in [6, 6.07) is 10.1. The zero-order valence-electron chi connectivity index (χ0n) is 19.7. The van der Waals surface area contributed by atoms with Crippen molar-refractivity contribution in [1.82, 2.24) is 14.5 Å². The lowest BCUT2D eigenvalue weighted by atomic mass is 10.1. The lowest BCUT2D eigenvalue weighted by molar-refractivity contribution is -0.140. The van der Waals surface area contributed by atoms with E-state index in [-0.39, 0.29) is 41.9 Å². The Morgan fingerprint density at radius 1 is 1.08 bits per heavy atom. The summed E-state index contributed by atoms with van der Waals surface area (Å²) >= 11 is 12.7. The first-order valence-corrected chi connectivity index (χ1v) is 14.0. The summed E-state index contributed by atoms with van der Waals surface area (Å²) in [6.07, 6.45) is 3.55. The van der Waals surface area contributed by atoms with Gasteiger partial charge in [-0.25, -0.2) is 12.7 Å². The number of nitrogens with zero attached hydrogens (tertiary/aromatic N) is 2. The summed E-state index contributed by atoms with van der Waals surface area (Å²) in [5, 5.41) is 3.69. The van der Waals surface area contributed by atoms with E-state index in [1.54, 1.807) is 31.2 Å². The van der Waals surface area contributed by atoms with E-state index in [0.29, 0.717) is 19.9 Å². The van der Waals surface area contributed by atoms with E-state index in [9.17, 15) is 22.8 Å². The minimum absolute atomic E-state index is 0.0441. The van der Waals surface area contributed by atoms with E-state index in [4.69, 9.17) is 23.2 Å². The second-order valence-electron chi connectivity index (χ2n) is 9.02. The molecule has 2 aromatic rings. The van der Waals surface area contributed by atoms with Crippen molar-refractivity contribution in [2.45, 2.75) is 62.6 Å². The molecule has 1 fully saturated rings. The van der Waals surface area contributed by atoms with Gasteiger partial charge in [0.25, 0.3) is 15.9 Å². The minimum Gasteiger partial charge on any atom is -0.352 e. The monoisotopic (exact) mass is 551 g/mol. The highest BCUT2D eigenvalue weighted by molar-refractivity contribution is 7.90. The molecule has 2 aliphatic rings. The molecule has 0 aromatic heterocycles. The molecule has 8 nitrogen and oxygen atoms in total. The molecule has 1 heterocycles. The van der Waals surface area contributed by atoms with Crippen LogP contribution in [0.5, 0.6) is 0 Å². The van der Waals surface area contributed by atoms with Crippen LogP contribution in [0, 0.1) is 0 Å². The number of halogens is 2. The molecular formula is C25H27Cl2N3O5S. The number of carbonyl (C=O) groups excluding carboxylic acids is 3. The molecule has 1 atom stereocenters. The predicted molar refractivity (Wildman–Crippen MR) is 136 cm³/mol. The number of hydrogen-bond donors (Lipinski definition) is 1. The smallest absolute Gasteiger partial charge is 0.269 e. The summed E-state index contributed by atoms with van der Waals surface area (Å²) in [7, 11) is -4.05. The lowest BCUT2D eigenvalue weighted by Gasteiger charge is -2.30. The molecule has 11 heteroatoms. The molecule has 2 aromatic carbocycles. The maximum absolute atomic E-state index is 13.4. The minimum atomic E-state index is -4.05. The van der Waals surface area contributed by atoms with Gasteiger partial charge in [0.15, 0.2) is 0 Å². The van der Waals surface area contributed by atoms with Gasteiger partial charge in [-0.05, 0) is 44.0 Å². The van der Waals surface area contributed by atoms with Crippen molar-refractivity contribution in [2.75, 3.05) is 6.54 Å². The van der Waals surface area contributed by atoms with Gasteiger partial charge in [-0.3, -0.25) is 14.4 Å². The van der Waals surface area contributed by atoms with Gasteiger partial charge >= 0.3 is 0 Å². The molecule has 3 amide bonds. The van der Waals surface area contributed by atoms with Crippen molar-refractivity contribution < 1.29 is 22.8 Å². The number of fused-ring (bicyclic) bond motifs is 1. The number of rotatable bonds is 8. The Hall–Kier alpha value is -2.62. The molecule has 192 valence electrons.